The van der Waals surface area contributed by atoms with Crippen LogP contribution in [0.15, 0.2) is 59.1 Å². The van der Waals surface area contributed by atoms with Crippen molar-refractivity contribution in [1.29, 1.82) is 5.26 Å². The number of halogens is 1. The zero-order valence-corrected chi connectivity index (χ0v) is 12.5. The van der Waals surface area contributed by atoms with Gasteiger partial charge in [-0.15, -0.1) is 0 Å². The van der Waals surface area contributed by atoms with Crippen LogP contribution in [0.2, 0.25) is 0 Å². The van der Waals surface area contributed by atoms with Gasteiger partial charge in [0.25, 0.3) is 0 Å². The van der Waals surface area contributed by atoms with Crippen molar-refractivity contribution in [2.45, 2.75) is 0 Å². The number of para-hydroxylation sites is 1. The molecule has 21 heavy (non-hydrogen) atoms. The molecule has 0 bridgehead atoms. The number of anilines is 1. The number of hydrogen-bond acceptors (Lipinski definition) is 3. The number of amides is 1. The summed E-state index contributed by atoms with van der Waals surface area (Å²) >= 11 is 3.27. The number of ketones is 1. The molecule has 4 nitrogen and oxygen atoms in total. The average molecular weight is 343 g/mol. The molecule has 0 saturated heterocycles. The summed E-state index contributed by atoms with van der Waals surface area (Å²) in [5.74, 6) is -2.51. The van der Waals surface area contributed by atoms with Crippen LogP contribution >= 0.6 is 15.9 Å². The van der Waals surface area contributed by atoms with Crippen molar-refractivity contribution in [2.75, 3.05) is 5.32 Å². The Labute approximate surface area is 130 Å². The SMILES string of the molecule is N#C[C@H](C(=O)Nc1ccccc1)C(=O)c1ccc(Br)cc1. The van der Waals surface area contributed by atoms with Gasteiger partial charge in [-0.2, -0.15) is 5.26 Å². The first kappa shape index (κ1) is 14.9. The first-order chi connectivity index (χ1) is 10.1. The minimum Gasteiger partial charge on any atom is -0.325 e. The summed E-state index contributed by atoms with van der Waals surface area (Å²) in [6.07, 6.45) is 0. The fourth-order valence-corrected chi connectivity index (χ4v) is 2.02. The summed E-state index contributed by atoms with van der Waals surface area (Å²) in [7, 11) is 0. The van der Waals surface area contributed by atoms with E-state index in [0.717, 1.165) is 4.47 Å². The third-order valence-electron chi connectivity index (χ3n) is 2.82. The Morgan fingerprint density at radius 3 is 2.24 bits per heavy atom. The van der Waals surface area contributed by atoms with Gasteiger partial charge in [0.1, 0.15) is 0 Å². The van der Waals surface area contributed by atoms with Crippen LogP contribution in [0.5, 0.6) is 0 Å². The van der Waals surface area contributed by atoms with E-state index in [1.807, 2.05) is 6.07 Å². The summed E-state index contributed by atoms with van der Waals surface area (Å²) in [4.78, 5) is 24.3. The zero-order chi connectivity index (χ0) is 15.2. The topological polar surface area (TPSA) is 70.0 Å². The van der Waals surface area contributed by atoms with E-state index in [1.54, 1.807) is 54.6 Å². The van der Waals surface area contributed by atoms with Crippen molar-refractivity contribution in [3.05, 3.63) is 64.6 Å². The van der Waals surface area contributed by atoms with Crippen LogP contribution in [0.1, 0.15) is 10.4 Å². The number of nitriles is 1. The van der Waals surface area contributed by atoms with E-state index >= 15 is 0 Å². The Hall–Kier alpha value is -2.45. The minimum atomic E-state index is -1.37. The van der Waals surface area contributed by atoms with Gasteiger partial charge in [0.05, 0.1) is 6.07 Å². The van der Waals surface area contributed by atoms with Crippen molar-refractivity contribution in [1.82, 2.24) is 0 Å². The molecule has 0 fully saturated rings. The lowest BCUT2D eigenvalue weighted by Crippen LogP contribution is -2.28. The molecule has 1 atom stereocenters. The molecule has 0 aromatic heterocycles. The molecule has 0 aliphatic carbocycles. The van der Waals surface area contributed by atoms with E-state index in [2.05, 4.69) is 21.2 Å². The molecule has 0 unspecified atom stereocenters. The Morgan fingerprint density at radius 2 is 1.67 bits per heavy atom. The summed E-state index contributed by atoms with van der Waals surface area (Å²) in [5.41, 5.74) is 0.874. The number of nitrogens with zero attached hydrogens (tertiary/aromatic N) is 1. The van der Waals surface area contributed by atoms with Crippen molar-refractivity contribution >= 4 is 33.3 Å². The molecule has 1 N–H and O–H groups in total. The Kier molecular flexibility index (Phi) is 4.85. The van der Waals surface area contributed by atoms with Gasteiger partial charge in [-0.1, -0.05) is 46.3 Å². The maximum absolute atomic E-state index is 12.2. The second-order valence-electron chi connectivity index (χ2n) is 4.29. The van der Waals surface area contributed by atoms with Crippen LogP contribution in [-0.2, 0) is 4.79 Å². The normalized spacial score (nSPS) is 11.2. The van der Waals surface area contributed by atoms with E-state index in [-0.39, 0.29) is 0 Å². The van der Waals surface area contributed by atoms with E-state index in [9.17, 15) is 9.59 Å². The maximum atomic E-state index is 12.2. The Balaban J connectivity index is 2.15. The summed E-state index contributed by atoms with van der Waals surface area (Å²) in [6.45, 7) is 0. The van der Waals surface area contributed by atoms with Crippen molar-refractivity contribution < 1.29 is 9.59 Å². The van der Waals surface area contributed by atoms with E-state index in [0.29, 0.717) is 11.3 Å². The molecule has 0 radical (unpaired) electrons. The fraction of sp³-hybridized carbons (Fsp3) is 0.0625. The summed E-state index contributed by atoms with van der Waals surface area (Å²) < 4.78 is 0.821. The summed E-state index contributed by atoms with van der Waals surface area (Å²) in [6, 6.07) is 17.0. The minimum absolute atomic E-state index is 0.327. The van der Waals surface area contributed by atoms with Gasteiger partial charge in [0.15, 0.2) is 11.7 Å². The van der Waals surface area contributed by atoms with Crippen LogP contribution in [0.3, 0.4) is 0 Å². The lowest BCUT2D eigenvalue weighted by molar-refractivity contribution is -0.117. The smallest absolute Gasteiger partial charge is 0.249 e. The predicted octanol–water partition coefficient (Wildman–Crippen LogP) is 3.41. The molecule has 0 aliphatic rings. The highest BCUT2D eigenvalue weighted by Gasteiger charge is 2.27. The first-order valence-corrected chi connectivity index (χ1v) is 6.96. The van der Waals surface area contributed by atoms with Crippen molar-refractivity contribution in [2.24, 2.45) is 5.92 Å². The molecule has 0 aliphatic heterocycles. The molecule has 0 saturated carbocycles. The number of Topliss-reactive ketones (excluding diaryl/α,β-unsaturated/α-hetero) is 1. The number of carbonyl (C=O) groups excluding carboxylic acids is 2. The van der Waals surface area contributed by atoms with Gasteiger partial charge >= 0.3 is 0 Å². The lowest BCUT2D eigenvalue weighted by Gasteiger charge is -2.09. The molecule has 0 heterocycles. The van der Waals surface area contributed by atoms with E-state index in [4.69, 9.17) is 5.26 Å². The predicted molar refractivity (Wildman–Crippen MR) is 82.6 cm³/mol. The standard InChI is InChI=1S/C16H11BrN2O2/c17-12-8-6-11(7-9-12)15(20)14(10-18)16(21)19-13-4-2-1-3-5-13/h1-9,14H,(H,19,21)/t14-/m0/s1. The van der Waals surface area contributed by atoms with Crippen LogP contribution < -0.4 is 5.32 Å². The lowest BCUT2D eigenvalue weighted by atomic mass is 9.98. The second-order valence-corrected chi connectivity index (χ2v) is 5.20. The molecule has 2 aromatic rings. The van der Waals surface area contributed by atoms with E-state index < -0.39 is 17.6 Å². The van der Waals surface area contributed by atoms with Gasteiger partial charge in [0, 0.05) is 15.7 Å². The number of hydrogen-bond donors (Lipinski definition) is 1. The highest BCUT2D eigenvalue weighted by atomic mass is 79.9. The number of carbonyl (C=O) groups is 2. The van der Waals surface area contributed by atoms with Crippen LogP contribution in [0.4, 0.5) is 5.69 Å². The molecule has 5 heteroatoms. The van der Waals surface area contributed by atoms with Gasteiger partial charge in [-0.3, -0.25) is 9.59 Å². The second kappa shape index (κ2) is 6.82. The quantitative estimate of drug-likeness (QED) is 0.683. The highest BCUT2D eigenvalue weighted by Crippen LogP contribution is 2.15. The monoisotopic (exact) mass is 342 g/mol. The van der Waals surface area contributed by atoms with Crippen LogP contribution in [0, 0.1) is 17.2 Å². The summed E-state index contributed by atoms with van der Waals surface area (Å²) in [5, 5.41) is 11.7. The highest BCUT2D eigenvalue weighted by molar-refractivity contribution is 9.10. The zero-order valence-electron chi connectivity index (χ0n) is 10.9. The first-order valence-electron chi connectivity index (χ1n) is 6.17. The fourth-order valence-electron chi connectivity index (χ4n) is 1.75. The third kappa shape index (κ3) is 3.77. The molecule has 2 rings (SSSR count). The average Bonchev–Trinajstić information content (AvgIpc) is 2.49. The Morgan fingerprint density at radius 1 is 1.05 bits per heavy atom. The number of rotatable bonds is 4. The van der Waals surface area contributed by atoms with Crippen LogP contribution in [0.25, 0.3) is 0 Å². The van der Waals surface area contributed by atoms with Crippen LogP contribution in [-0.4, -0.2) is 11.7 Å². The van der Waals surface area contributed by atoms with Gasteiger partial charge in [0.2, 0.25) is 5.91 Å². The Bertz CT molecular complexity index is 690. The van der Waals surface area contributed by atoms with Crippen molar-refractivity contribution in [3.63, 3.8) is 0 Å². The van der Waals surface area contributed by atoms with Crippen molar-refractivity contribution in [3.8, 4) is 6.07 Å². The number of nitrogens with one attached hydrogen (secondary N) is 1. The molecular formula is C16H11BrN2O2. The van der Waals surface area contributed by atoms with E-state index in [1.165, 1.54) is 0 Å². The van der Waals surface area contributed by atoms with Gasteiger partial charge in [-0.25, -0.2) is 0 Å². The molecular weight excluding hydrogens is 332 g/mol. The number of benzene rings is 2. The largest absolute Gasteiger partial charge is 0.325 e. The molecule has 0 spiro atoms. The van der Waals surface area contributed by atoms with Gasteiger partial charge in [-0.05, 0) is 24.3 Å². The molecule has 104 valence electrons. The maximum Gasteiger partial charge on any atom is 0.249 e. The third-order valence-corrected chi connectivity index (χ3v) is 3.35. The molecule has 1 amide bonds. The van der Waals surface area contributed by atoms with Gasteiger partial charge < -0.3 is 5.32 Å². The molecule has 2 aromatic carbocycles.